The summed E-state index contributed by atoms with van der Waals surface area (Å²) in [5, 5.41) is 19.3. The molecule has 1 aromatic carbocycles. The molecule has 100 valence electrons. The van der Waals surface area contributed by atoms with Crippen molar-refractivity contribution in [2.24, 2.45) is 0 Å². The Morgan fingerprint density at radius 2 is 2.06 bits per heavy atom. The van der Waals surface area contributed by atoms with E-state index in [0.29, 0.717) is 0 Å². The van der Waals surface area contributed by atoms with Crippen molar-refractivity contribution in [3.63, 3.8) is 0 Å². The number of aliphatic hydroxyl groups is 2. The molecule has 1 unspecified atom stereocenters. The maximum Gasteiger partial charge on any atom is 0.0684 e. The highest BCUT2D eigenvalue weighted by Gasteiger charge is 2.25. The second-order valence-corrected chi connectivity index (χ2v) is 5.61. The van der Waals surface area contributed by atoms with Gasteiger partial charge in [0, 0.05) is 18.8 Å². The highest BCUT2D eigenvalue weighted by Crippen LogP contribution is 2.26. The minimum atomic E-state index is -0.519. The molecule has 1 aliphatic rings. The van der Waals surface area contributed by atoms with E-state index in [1.807, 2.05) is 19.9 Å². The highest BCUT2D eigenvalue weighted by atomic mass is 16.3. The molecule has 1 atom stereocenters. The van der Waals surface area contributed by atoms with Crippen molar-refractivity contribution in [1.29, 1.82) is 0 Å². The molecule has 1 aliphatic heterocycles. The van der Waals surface area contributed by atoms with Gasteiger partial charge in [-0.3, -0.25) is 0 Å². The summed E-state index contributed by atoms with van der Waals surface area (Å²) in [5.74, 6) is 0. The quantitative estimate of drug-likeness (QED) is 0.844. The maximum atomic E-state index is 10.1. The lowest BCUT2D eigenvalue weighted by atomic mass is 9.98. The third-order valence-corrected chi connectivity index (χ3v) is 3.93. The van der Waals surface area contributed by atoms with Crippen LogP contribution in [0.3, 0.4) is 0 Å². The van der Waals surface area contributed by atoms with Crippen LogP contribution < -0.4 is 4.90 Å². The summed E-state index contributed by atoms with van der Waals surface area (Å²) >= 11 is 0. The van der Waals surface area contributed by atoms with Gasteiger partial charge in [0.25, 0.3) is 0 Å². The lowest BCUT2D eigenvalue weighted by molar-refractivity contribution is 0.0481. The molecule has 0 amide bonds. The molecule has 1 aromatic rings. The number of hydrogen-bond acceptors (Lipinski definition) is 3. The number of nitrogens with zero attached hydrogens (tertiary/aromatic N) is 1. The fourth-order valence-electron chi connectivity index (χ4n) is 2.58. The van der Waals surface area contributed by atoms with Crippen LogP contribution in [-0.4, -0.2) is 28.9 Å². The van der Waals surface area contributed by atoms with Gasteiger partial charge < -0.3 is 15.1 Å². The van der Waals surface area contributed by atoms with Crippen LogP contribution in [0.5, 0.6) is 0 Å². The first-order chi connectivity index (χ1) is 8.52. The number of anilines is 1. The van der Waals surface area contributed by atoms with Gasteiger partial charge in [-0.15, -0.1) is 0 Å². The molecule has 1 heterocycles. The van der Waals surface area contributed by atoms with Crippen LogP contribution >= 0.6 is 0 Å². The molecule has 0 bridgehead atoms. The minimum absolute atomic E-state index is 0.0980. The van der Waals surface area contributed by atoms with Gasteiger partial charge in [-0.25, -0.2) is 0 Å². The molecule has 1 fully saturated rings. The van der Waals surface area contributed by atoms with Crippen LogP contribution in [0.4, 0.5) is 5.69 Å². The van der Waals surface area contributed by atoms with Crippen molar-refractivity contribution in [2.75, 3.05) is 18.0 Å². The molecule has 2 rings (SSSR count). The fourth-order valence-corrected chi connectivity index (χ4v) is 2.58. The first kappa shape index (κ1) is 13.4. The van der Waals surface area contributed by atoms with Gasteiger partial charge in [-0.1, -0.05) is 6.07 Å². The number of rotatable bonds is 2. The minimum Gasteiger partial charge on any atom is -0.392 e. The molecule has 0 aromatic heterocycles. The Kier molecular flexibility index (Phi) is 3.93. The molecule has 18 heavy (non-hydrogen) atoms. The van der Waals surface area contributed by atoms with E-state index in [-0.39, 0.29) is 6.61 Å². The lowest BCUT2D eigenvalue weighted by Crippen LogP contribution is -2.28. The zero-order chi connectivity index (χ0) is 13.2. The van der Waals surface area contributed by atoms with Crippen molar-refractivity contribution in [2.45, 2.75) is 45.3 Å². The second-order valence-electron chi connectivity index (χ2n) is 5.61. The Hall–Kier alpha value is -1.06. The number of hydrogen-bond donors (Lipinski definition) is 2. The predicted molar refractivity (Wildman–Crippen MR) is 73.8 cm³/mol. The van der Waals surface area contributed by atoms with E-state index in [0.717, 1.165) is 43.5 Å². The zero-order valence-corrected chi connectivity index (χ0v) is 11.3. The van der Waals surface area contributed by atoms with Gasteiger partial charge in [0.05, 0.1) is 12.2 Å². The van der Waals surface area contributed by atoms with Crippen LogP contribution in [0, 0.1) is 6.92 Å². The van der Waals surface area contributed by atoms with Crippen molar-refractivity contribution in [3.8, 4) is 0 Å². The molecule has 0 saturated carbocycles. The number of aliphatic hydroxyl groups excluding tert-OH is 1. The van der Waals surface area contributed by atoms with Crippen LogP contribution in [0.15, 0.2) is 18.2 Å². The molecular weight excluding hydrogens is 226 g/mol. The Bertz CT molecular complexity index is 415. The van der Waals surface area contributed by atoms with E-state index in [4.69, 9.17) is 0 Å². The predicted octanol–water partition coefficient (Wildman–Crippen LogP) is 2.23. The summed E-state index contributed by atoms with van der Waals surface area (Å²) in [6.45, 7) is 5.94. The molecule has 0 spiro atoms. The SMILES string of the molecule is Cc1cc(N2CCCC(C)(O)CC2)ccc1CO. The lowest BCUT2D eigenvalue weighted by Gasteiger charge is -2.25. The Morgan fingerprint density at radius 3 is 2.72 bits per heavy atom. The number of aryl methyl sites for hydroxylation is 1. The average molecular weight is 249 g/mol. The van der Waals surface area contributed by atoms with Crippen LogP contribution in [0.2, 0.25) is 0 Å². The fraction of sp³-hybridized carbons (Fsp3) is 0.600. The van der Waals surface area contributed by atoms with E-state index < -0.39 is 5.60 Å². The monoisotopic (exact) mass is 249 g/mol. The van der Waals surface area contributed by atoms with E-state index in [1.54, 1.807) is 0 Å². The largest absolute Gasteiger partial charge is 0.392 e. The maximum absolute atomic E-state index is 10.1. The summed E-state index contributed by atoms with van der Waals surface area (Å²) in [5.41, 5.74) is 2.79. The molecule has 0 aliphatic carbocycles. The first-order valence-electron chi connectivity index (χ1n) is 6.69. The molecule has 3 heteroatoms. The van der Waals surface area contributed by atoms with E-state index in [1.165, 1.54) is 5.69 Å². The first-order valence-corrected chi connectivity index (χ1v) is 6.69. The standard InChI is InChI=1S/C15H23NO2/c1-12-10-14(5-4-13(12)11-17)16-8-3-6-15(2,18)7-9-16/h4-5,10,17-18H,3,6-9,11H2,1-2H3. The zero-order valence-electron chi connectivity index (χ0n) is 11.3. The third-order valence-electron chi connectivity index (χ3n) is 3.93. The van der Waals surface area contributed by atoms with E-state index >= 15 is 0 Å². The molecule has 1 saturated heterocycles. The third kappa shape index (κ3) is 3.03. The van der Waals surface area contributed by atoms with E-state index in [9.17, 15) is 10.2 Å². The Morgan fingerprint density at radius 1 is 1.28 bits per heavy atom. The molecule has 3 nitrogen and oxygen atoms in total. The normalized spacial score (nSPS) is 25.0. The average Bonchev–Trinajstić information content (AvgIpc) is 2.50. The molecule has 2 N–H and O–H groups in total. The summed E-state index contributed by atoms with van der Waals surface area (Å²) < 4.78 is 0. The van der Waals surface area contributed by atoms with Gasteiger partial charge in [0.1, 0.15) is 0 Å². The van der Waals surface area contributed by atoms with Crippen molar-refractivity contribution in [3.05, 3.63) is 29.3 Å². The summed E-state index contributed by atoms with van der Waals surface area (Å²) in [4.78, 5) is 2.33. The number of benzene rings is 1. The van der Waals surface area contributed by atoms with Crippen molar-refractivity contribution in [1.82, 2.24) is 0 Å². The van der Waals surface area contributed by atoms with Crippen LogP contribution in [0.1, 0.15) is 37.3 Å². The topological polar surface area (TPSA) is 43.7 Å². The van der Waals surface area contributed by atoms with Crippen molar-refractivity contribution >= 4 is 5.69 Å². The smallest absolute Gasteiger partial charge is 0.0684 e. The Labute approximate surface area is 109 Å². The van der Waals surface area contributed by atoms with Crippen LogP contribution in [-0.2, 0) is 6.61 Å². The van der Waals surface area contributed by atoms with Gasteiger partial charge in [-0.05, 0) is 56.4 Å². The summed E-state index contributed by atoms with van der Waals surface area (Å²) in [7, 11) is 0. The van der Waals surface area contributed by atoms with Gasteiger partial charge in [0.15, 0.2) is 0 Å². The second kappa shape index (κ2) is 5.29. The molecular formula is C15H23NO2. The summed E-state index contributed by atoms with van der Waals surface area (Å²) in [6, 6.07) is 6.19. The summed E-state index contributed by atoms with van der Waals surface area (Å²) in [6.07, 6.45) is 2.71. The Balaban J connectivity index is 2.14. The van der Waals surface area contributed by atoms with Gasteiger partial charge in [-0.2, -0.15) is 0 Å². The van der Waals surface area contributed by atoms with Gasteiger partial charge in [0.2, 0.25) is 0 Å². The highest BCUT2D eigenvalue weighted by molar-refractivity contribution is 5.51. The van der Waals surface area contributed by atoms with Crippen LogP contribution in [0.25, 0.3) is 0 Å². The van der Waals surface area contributed by atoms with Gasteiger partial charge >= 0.3 is 0 Å². The van der Waals surface area contributed by atoms with Crippen molar-refractivity contribution < 1.29 is 10.2 Å². The molecule has 0 radical (unpaired) electrons. The van der Waals surface area contributed by atoms with E-state index in [2.05, 4.69) is 17.0 Å².